The Labute approximate surface area is 104 Å². The predicted molar refractivity (Wildman–Crippen MR) is 63.1 cm³/mol. The van der Waals surface area contributed by atoms with Crippen molar-refractivity contribution in [3.63, 3.8) is 0 Å². The van der Waals surface area contributed by atoms with Crippen LogP contribution in [0.5, 0.6) is 0 Å². The van der Waals surface area contributed by atoms with Gasteiger partial charge in [0.15, 0.2) is 6.10 Å². The maximum Gasteiger partial charge on any atom is 0.339 e. The number of benzene rings is 1. The summed E-state index contributed by atoms with van der Waals surface area (Å²) in [4.78, 5) is 12.7. The number of aliphatic hydroxyl groups excluding tert-OH is 1. The molecule has 0 saturated heterocycles. The van der Waals surface area contributed by atoms with E-state index in [1.807, 2.05) is 6.92 Å². The van der Waals surface area contributed by atoms with Crippen molar-refractivity contribution in [3.8, 4) is 5.69 Å². The molecule has 0 aliphatic rings. The largest absolute Gasteiger partial charge is 0.467 e. The Kier molecular flexibility index (Phi) is 3.38. The van der Waals surface area contributed by atoms with Crippen molar-refractivity contribution < 1.29 is 14.6 Å². The number of rotatable bonds is 3. The summed E-state index contributed by atoms with van der Waals surface area (Å²) in [6, 6.07) is 6.78. The molecule has 0 aliphatic heterocycles. The summed E-state index contributed by atoms with van der Waals surface area (Å²) in [7, 11) is 1.23. The highest BCUT2D eigenvalue weighted by atomic mass is 16.5. The summed E-state index contributed by atoms with van der Waals surface area (Å²) in [5.41, 5.74) is 1.90. The smallest absolute Gasteiger partial charge is 0.339 e. The fourth-order valence-corrected chi connectivity index (χ4v) is 1.53. The molecule has 1 aromatic carbocycles. The molecular weight excluding hydrogens is 234 g/mol. The van der Waals surface area contributed by atoms with Gasteiger partial charge in [-0.2, -0.15) is 15.0 Å². The monoisotopic (exact) mass is 247 g/mol. The minimum atomic E-state index is -1.30. The average molecular weight is 247 g/mol. The molecule has 1 N–H and O–H groups in total. The van der Waals surface area contributed by atoms with Gasteiger partial charge in [0.25, 0.3) is 0 Å². The maximum atomic E-state index is 11.3. The number of esters is 1. The number of aryl methyl sites for hydroxylation is 1. The number of hydrogen-bond donors (Lipinski definition) is 1. The van der Waals surface area contributed by atoms with Crippen LogP contribution in [0.3, 0.4) is 0 Å². The second-order valence-corrected chi connectivity index (χ2v) is 3.80. The summed E-state index contributed by atoms with van der Waals surface area (Å²) < 4.78 is 4.49. The van der Waals surface area contributed by atoms with Crippen LogP contribution in [0.15, 0.2) is 30.5 Å². The average Bonchev–Trinajstić information content (AvgIpc) is 2.84. The number of aromatic nitrogens is 3. The maximum absolute atomic E-state index is 11.3. The van der Waals surface area contributed by atoms with Gasteiger partial charge in [-0.15, -0.1) is 0 Å². The Morgan fingerprint density at radius 2 is 2.28 bits per heavy atom. The van der Waals surface area contributed by atoms with Gasteiger partial charge in [0.2, 0.25) is 0 Å². The van der Waals surface area contributed by atoms with E-state index in [-0.39, 0.29) is 0 Å². The van der Waals surface area contributed by atoms with Crippen molar-refractivity contribution in [1.82, 2.24) is 15.0 Å². The van der Waals surface area contributed by atoms with Crippen LogP contribution in [-0.2, 0) is 9.53 Å². The van der Waals surface area contributed by atoms with Gasteiger partial charge in [-0.05, 0) is 24.6 Å². The zero-order valence-corrected chi connectivity index (χ0v) is 10.1. The first-order valence-electron chi connectivity index (χ1n) is 5.37. The van der Waals surface area contributed by atoms with Gasteiger partial charge in [-0.1, -0.05) is 12.1 Å². The number of carbonyl (C=O) groups is 1. The molecule has 6 nitrogen and oxygen atoms in total. The minimum absolute atomic E-state index is 0.439. The zero-order valence-electron chi connectivity index (χ0n) is 10.1. The van der Waals surface area contributed by atoms with E-state index in [4.69, 9.17) is 0 Å². The van der Waals surface area contributed by atoms with Gasteiger partial charge in [0, 0.05) is 0 Å². The van der Waals surface area contributed by atoms with E-state index in [1.165, 1.54) is 11.9 Å². The van der Waals surface area contributed by atoms with E-state index < -0.39 is 12.1 Å². The Balaban J connectivity index is 2.33. The second kappa shape index (κ2) is 4.97. The van der Waals surface area contributed by atoms with Crippen molar-refractivity contribution in [2.45, 2.75) is 13.0 Å². The third-order valence-corrected chi connectivity index (χ3v) is 2.45. The first-order valence-corrected chi connectivity index (χ1v) is 5.37. The summed E-state index contributed by atoms with van der Waals surface area (Å²) in [5.74, 6) is -0.697. The molecule has 0 bridgehead atoms. The van der Waals surface area contributed by atoms with Gasteiger partial charge in [0.05, 0.1) is 24.7 Å². The molecule has 1 heterocycles. The van der Waals surface area contributed by atoms with Crippen LogP contribution in [0.4, 0.5) is 0 Å². The molecule has 0 fully saturated rings. The van der Waals surface area contributed by atoms with Crippen molar-refractivity contribution >= 4 is 5.97 Å². The molecule has 1 unspecified atom stereocenters. The molecule has 18 heavy (non-hydrogen) atoms. The number of carbonyl (C=O) groups excluding carboxylic acids is 1. The summed E-state index contributed by atoms with van der Waals surface area (Å²) >= 11 is 0. The quantitative estimate of drug-likeness (QED) is 0.811. The molecule has 1 atom stereocenters. The SMILES string of the molecule is COC(=O)C(O)c1cccc(-n2ncc(C)n2)c1. The normalized spacial score (nSPS) is 12.2. The lowest BCUT2D eigenvalue weighted by atomic mass is 10.1. The third kappa shape index (κ3) is 2.38. The fraction of sp³-hybridized carbons (Fsp3) is 0.250. The zero-order chi connectivity index (χ0) is 13.1. The van der Waals surface area contributed by atoms with Crippen molar-refractivity contribution in [2.75, 3.05) is 7.11 Å². The van der Waals surface area contributed by atoms with E-state index in [0.717, 1.165) is 5.69 Å². The number of ether oxygens (including phenoxy) is 1. The van der Waals surface area contributed by atoms with Crippen LogP contribution in [0.2, 0.25) is 0 Å². The molecule has 0 saturated carbocycles. The van der Waals surface area contributed by atoms with E-state index >= 15 is 0 Å². The van der Waals surface area contributed by atoms with Crippen LogP contribution >= 0.6 is 0 Å². The van der Waals surface area contributed by atoms with Crippen LogP contribution in [0, 0.1) is 6.92 Å². The highest BCUT2D eigenvalue weighted by Gasteiger charge is 2.18. The van der Waals surface area contributed by atoms with Crippen molar-refractivity contribution in [3.05, 3.63) is 41.7 Å². The molecule has 0 aliphatic carbocycles. The van der Waals surface area contributed by atoms with Gasteiger partial charge in [0.1, 0.15) is 0 Å². The minimum Gasteiger partial charge on any atom is -0.467 e. The van der Waals surface area contributed by atoms with Gasteiger partial charge in [-0.3, -0.25) is 0 Å². The van der Waals surface area contributed by atoms with E-state index in [9.17, 15) is 9.90 Å². The highest BCUT2D eigenvalue weighted by molar-refractivity contribution is 5.76. The van der Waals surface area contributed by atoms with E-state index in [1.54, 1.807) is 30.5 Å². The molecule has 94 valence electrons. The number of hydrogen-bond acceptors (Lipinski definition) is 5. The Morgan fingerprint density at radius 3 is 2.89 bits per heavy atom. The first-order chi connectivity index (χ1) is 8.61. The second-order valence-electron chi connectivity index (χ2n) is 3.80. The molecule has 0 radical (unpaired) electrons. The van der Waals surface area contributed by atoms with E-state index in [2.05, 4.69) is 14.9 Å². The predicted octanol–water partition coefficient (Wildman–Crippen LogP) is 0.782. The van der Waals surface area contributed by atoms with Crippen LogP contribution in [0.25, 0.3) is 5.69 Å². The summed E-state index contributed by atoms with van der Waals surface area (Å²) in [5, 5.41) is 18.0. The lowest BCUT2D eigenvalue weighted by molar-refractivity contribution is -0.150. The molecule has 2 aromatic rings. The molecule has 2 rings (SSSR count). The van der Waals surface area contributed by atoms with Gasteiger partial charge >= 0.3 is 5.97 Å². The molecule has 1 aromatic heterocycles. The van der Waals surface area contributed by atoms with Crippen molar-refractivity contribution in [1.29, 1.82) is 0 Å². The number of aliphatic hydroxyl groups is 1. The summed E-state index contributed by atoms with van der Waals surface area (Å²) in [6.45, 7) is 1.83. The van der Waals surface area contributed by atoms with Gasteiger partial charge < -0.3 is 9.84 Å². The van der Waals surface area contributed by atoms with Crippen LogP contribution < -0.4 is 0 Å². The van der Waals surface area contributed by atoms with Gasteiger partial charge in [-0.25, -0.2) is 4.79 Å². The number of methoxy groups -OCH3 is 1. The standard InChI is InChI=1S/C12H13N3O3/c1-8-7-13-15(14-8)10-5-3-4-9(6-10)11(16)12(17)18-2/h3-7,11,16H,1-2H3. The molecule has 6 heteroatoms. The fourth-order valence-electron chi connectivity index (χ4n) is 1.53. The van der Waals surface area contributed by atoms with Crippen LogP contribution in [0.1, 0.15) is 17.4 Å². The lowest BCUT2D eigenvalue weighted by Gasteiger charge is -2.09. The highest BCUT2D eigenvalue weighted by Crippen LogP contribution is 2.17. The Bertz CT molecular complexity index is 565. The molecule has 0 amide bonds. The number of nitrogens with zero attached hydrogens (tertiary/aromatic N) is 3. The summed E-state index contributed by atoms with van der Waals surface area (Å²) in [6.07, 6.45) is 0.329. The molecular formula is C12H13N3O3. The van der Waals surface area contributed by atoms with Crippen molar-refractivity contribution in [2.24, 2.45) is 0 Å². The topological polar surface area (TPSA) is 77.2 Å². The Morgan fingerprint density at radius 1 is 1.50 bits per heavy atom. The Hall–Kier alpha value is -2.21. The third-order valence-electron chi connectivity index (χ3n) is 2.45. The molecule has 0 spiro atoms. The lowest BCUT2D eigenvalue weighted by Crippen LogP contribution is -2.13. The van der Waals surface area contributed by atoms with Crippen LogP contribution in [-0.4, -0.2) is 33.2 Å². The van der Waals surface area contributed by atoms with E-state index in [0.29, 0.717) is 11.3 Å². The first kappa shape index (κ1) is 12.3.